The number of nitrogens with zero attached hydrogens (tertiary/aromatic N) is 3. The maximum atomic E-state index is 14.0. The van der Waals surface area contributed by atoms with E-state index in [1.165, 1.54) is 22.7 Å². The van der Waals surface area contributed by atoms with E-state index in [9.17, 15) is 22.4 Å². The van der Waals surface area contributed by atoms with Gasteiger partial charge in [-0.2, -0.15) is 13.2 Å². The number of hydrogen-bond donors (Lipinski definition) is 1. The van der Waals surface area contributed by atoms with Crippen LogP contribution in [0.25, 0.3) is 16.9 Å². The molecule has 204 valence electrons. The summed E-state index contributed by atoms with van der Waals surface area (Å²) in [6.45, 7) is 3.67. The summed E-state index contributed by atoms with van der Waals surface area (Å²) >= 11 is 0. The maximum absolute atomic E-state index is 14.0. The van der Waals surface area contributed by atoms with E-state index in [-0.39, 0.29) is 30.4 Å². The zero-order valence-electron chi connectivity index (χ0n) is 21.6. The summed E-state index contributed by atoms with van der Waals surface area (Å²) in [5, 5.41) is 7.56. The summed E-state index contributed by atoms with van der Waals surface area (Å²) in [4.78, 5) is 17.1. The van der Waals surface area contributed by atoms with Crippen LogP contribution >= 0.6 is 0 Å². The van der Waals surface area contributed by atoms with Crippen molar-refractivity contribution in [3.63, 3.8) is 0 Å². The highest BCUT2D eigenvalue weighted by molar-refractivity contribution is 5.98. The van der Waals surface area contributed by atoms with E-state index in [0.29, 0.717) is 40.5 Å². The van der Waals surface area contributed by atoms with Gasteiger partial charge < -0.3 is 10.1 Å². The minimum atomic E-state index is -4.25. The van der Waals surface area contributed by atoms with Crippen molar-refractivity contribution in [2.75, 3.05) is 11.9 Å². The van der Waals surface area contributed by atoms with E-state index < -0.39 is 18.4 Å². The predicted octanol–water partition coefficient (Wildman–Crippen LogP) is 7.68. The van der Waals surface area contributed by atoms with E-state index in [2.05, 4.69) is 15.4 Å². The average molecular weight is 541 g/mol. The van der Waals surface area contributed by atoms with Crippen molar-refractivity contribution < 1.29 is 27.1 Å². The first-order chi connectivity index (χ1) is 18.6. The smallest absolute Gasteiger partial charge is 0.389 e. The fourth-order valence-electron chi connectivity index (χ4n) is 4.55. The van der Waals surface area contributed by atoms with Crippen LogP contribution in [0.4, 0.5) is 23.2 Å². The molecule has 10 heteroatoms. The molecular formula is C29H28F4N4O2. The van der Waals surface area contributed by atoms with Gasteiger partial charge in [0.2, 0.25) is 5.88 Å². The van der Waals surface area contributed by atoms with E-state index in [1.807, 2.05) is 19.1 Å². The van der Waals surface area contributed by atoms with Gasteiger partial charge in [0.15, 0.2) is 11.4 Å². The third kappa shape index (κ3) is 6.55. The number of nitrogens with one attached hydrogen (secondary N) is 1. The highest BCUT2D eigenvalue weighted by Gasteiger charge is 2.27. The van der Waals surface area contributed by atoms with Crippen molar-refractivity contribution >= 4 is 17.1 Å². The van der Waals surface area contributed by atoms with E-state index >= 15 is 0 Å². The van der Waals surface area contributed by atoms with E-state index in [0.717, 1.165) is 24.0 Å². The molecule has 1 fully saturated rings. The molecule has 1 N–H and O–H groups in total. The SMILES string of the molecule is Cc1cc(F)cc(Oc2cc(NCCCC(F)(F)F)c3ncc(-c4ccc(C(=O)CC5CC5)c(C)c4)n3n2)c1. The van der Waals surface area contributed by atoms with Gasteiger partial charge in [0.1, 0.15) is 11.6 Å². The number of Topliss-reactive ketones (excluding diaryl/α,β-unsaturated/α-hetero) is 1. The normalized spacial score (nSPS) is 13.6. The van der Waals surface area contributed by atoms with Crippen LogP contribution < -0.4 is 10.1 Å². The molecule has 2 aromatic heterocycles. The van der Waals surface area contributed by atoms with Crippen LogP contribution in [-0.4, -0.2) is 33.1 Å². The van der Waals surface area contributed by atoms with Crippen LogP contribution in [0.15, 0.2) is 48.7 Å². The lowest BCUT2D eigenvalue weighted by atomic mass is 9.98. The molecule has 0 amide bonds. The Morgan fingerprint density at radius 2 is 1.92 bits per heavy atom. The summed E-state index contributed by atoms with van der Waals surface area (Å²) in [6.07, 6.45) is -0.923. The standard InChI is InChI=1S/C29H28F4N4O2/c1-17-10-21(30)14-22(11-17)39-27-15-24(34-9-3-8-29(31,32)33)28-35-16-25(37(28)36-27)20-6-7-23(18(2)12-20)26(38)13-19-4-5-19/h6-7,10-12,14-16,19,34H,3-5,8-9,13H2,1-2H3. The molecule has 2 aromatic carbocycles. The van der Waals surface area contributed by atoms with Gasteiger partial charge in [-0.1, -0.05) is 12.1 Å². The van der Waals surface area contributed by atoms with E-state index in [1.54, 1.807) is 25.3 Å². The highest BCUT2D eigenvalue weighted by atomic mass is 19.4. The number of carbonyl (C=O) groups excluding carboxylic acids is 1. The summed E-state index contributed by atoms with van der Waals surface area (Å²) in [5.41, 5.74) is 4.37. The van der Waals surface area contributed by atoms with Crippen LogP contribution in [0.5, 0.6) is 11.6 Å². The highest BCUT2D eigenvalue weighted by Crippen LogP contribution is 2.35. The number of aryl methyl sites for hydroxylation is 2. The monoisotopic (exact) mass is 540 g/mol. The molecule has 0 saturated heterocycles. The quantitative estimate of drug-likeness (QED) is 0.127. The Morgan fingerprint density at radius 3 is 2.62 bits per heavy atom. The van der Waals surface area contributed by atoms with Gasteiger partial charge in [-0.05, 0) is 68.4 Å². The maximum Gasteiger partial charge on any atom is 0.389 e. The zero-order chi connectivity index (χ0) is 27.7. The Morgan fingerprint density at radius 1 is 1.13 bits per heavy atom. The summed E-state index contributed by atoms with van der Waals surface area (Å²) in [5.74, 6) is 0.495. The molecule has 0 bridgehead atoms. The fraction of sp³-hybridized carbons (Fsp3) is 0.345. The third-order valence-electron chi connectivity index (χ3n) is 6.63. The Hall–Kier alpha value is -3.95. The van der Waals surface area contributed by atoms with E-state index in [4.69, 9.17) is 4.74 Å². The van der Waals surface area contributed by atoms with Gasteiger partial charge in [0.05, 0.1) is 17.6 Å². The van der Waals surface area contributed by atoms with Crippen molar-refractivity contribution in [1.29, 1.82) is 0 Å². The largest absolute Gasteiger partial charge is 0.437 e. The molecule has 0 radical (unpaired) electrons. The average Bonchev–Trinajstić information content (AvgIpc) is 3.55. The van der Waals surface area contributed by atoms with Gasteiger partial charge in [0, 0.05) is 42.6 Å². The molecule has 39 heavy (non-hydrogen) atoms. The van der Waals surface area contributed by atoms with Gasteiger partial charge in [-0.25, -0.2) is 13.9 Å². The van der Waals surface area contributed by atoms with Crippen LogP contribution in [-0.2, 0) is 0 Å². The number of fused-ring (bicyclic) bond motifs is 1. The molecule has 0 atom stereocenters. The number of carbonyl (C=O) groups is 1. The Balaban J connectivity index is 1.49. The topological polar surface area (TPSA) is 68.5 Å². The number of alkyl halides is 3. The van der Waals surface area contributed by atoms with Gasteiger partial charge in [-0.15, -0.1) is 5.10 Å². The minimum absolute atomic E-state index is 0.0524. The zero-order valence-corrected chi connectivity index (χ0v) is 21.6. The molecule has 1 aliphatic carbocycles. The van der Waals surface area contributed by atoms with Crippen LogP contribution in [0.3, 0.4) is 0 Å². The summed E-state index contributed by atoms with van der Waals surface area (Å²) in [7, 11) is 0. The van der Waals surface area contributed by atoms with Crippen LogP contribution in [0.1, 0.15) is 53.6 Å². The second kappa shape index (κ2) is 10.7. The Labute approximate surface area is 223 Å². The van der Waals surface area contributed by atoms with Gasteiger partial charge in [0.25, 0.3) is 0 Å². The second-order valence-corrected chi connectivity index (χ2v) is 10.1. The predicted molar refractivity (Wildman–Crippen MR) is 140 cm³/mol. The molecule has 2 heterocycles. The van der Waals surface area contributed by atoms with Crippen molar-refractivity contribution in [3.8, 4) is 22.9 Å². The lowest BCUT2D eigenvalue weighted by Crippen LogP contribution is -2.12. The summed E-state index contributed by atoms with van der Waals surface area (Å²) < 4.78 is 59.3. The molecular weight excluding hydrogens is 512 g/mol. The number of benzene rings is 2. The number of halogens is 4. The van der Waals surface area contributed by atoms with Gasteiger partial charge >= 0.3 is 6.18 Å². The number of ketones is 1. The molecule has 5 rings (SSSR count). The number of anilines is 1. The van der Waals surface area contributed by atoms with Crippen molar-refractivity contribution in [2.45, 2.75) is 52.1 Å². The molecule has 6 nitrogen and oxygen atoms in total. The summed E-state index contributed by atoms with van der Waals surface area (Å²) in [6, 6.07) is 11.3. The Kier molecular flexibility index (Phi) is 7.29. The number of hydrogen-bond acceptors (Lipinski definition) is 5. The minimum Gasteiger partial charge on any atom is -0.437 e. The fourth-order valence-corrected chi connectivity index (χ4v) is 4.55. The van der Waals surface area contributed by atoms with Crippen molar-refractivity contribution in [1.82, 2.24) is 14.6 Å². The lowest BCUT2D eigenvalue weighted by Gasteiger charge is -2.13. The molecule has 1 saturated carbocycles. The van der Waals surface area contributed by atoms with Crippen LogP contribution in [0.2, 0.25) is 0 Å². The molecule has 0 spiro atoms. The van der Waals surface area contributed by atoms with Crippen molar-refractivity contribution in [3.05, 3.63) is 71.2 Å². The molecule has 0 unspecified atom stereocenters. The van der Waals surface area contributed by atoms with Crippen molar-refractivity contribution in [2.24, 2.45) is 5.92 Å². The third-order valence-corrected chi connectivity index (χ3v) is 6.63. The van der Waals surface area contributed by atoms with Crippen LogP contribution in [0, 0.1) is 25.6 Å². The molecule has 4 aromatic rings. The molecule has 1 aliphatic rings. The first-order valence-electron chi connectivity index (χ1n) is 12.8. The number of rotatable bonds is 10. The number of imidazole rings is 1. The lowest BCUT2D eigenvalue weighted by molar-refractivity contribution is -0.134. The Bertz CT molecular complexity index is 1510. The first kappa shape index (κ1) is 26.6. The number of aromatic nitrogens is 3. The van der Waals surface area contributed by atoms with Gasteiger partial charge in [-0.3, -0.25) is 4.79 Å². The molecule has 0 aliphatic heterocycles. The first-order valence-corrected chi connectivity index (χ1v) is 12.8. The number of ether oxygens (including phenoxy) is 1. The second-order valence-electron chi connectivity index (χ2n) is 10.1.